The molecule has 0 aliphatic heterocycles. The summed E-state index contributed by atoms with van der Waals surface area (Å²) in [6.45, 7) is 0.862. The Labute approximate surface area is 192 Å². The molecule has 0 atom stereocenters. The number of amides is 1. The largest absolute Gasteiger partial charge is 0.493 e. The maximum Gasteiger partial charge on any atom is 0.255 e. The minimum absolute atomic E-state index is 0.0771. The van der Waals surface area contributed by atoms with E-state index >= 15 is 0 Å². The molecule has 174 valence electrons. The van der Waals surface area contributed by atoms with E-state index < -0.39 is 11.7 Å². The number of ether oxygens (including phenoxy) is 5. The zero-order chi connectivity index (χ0) is 23.6. The summed E-state index contributed by atoms with van der Waals surface area (Å²) >= 11 is 0. The van der Waals surface area contributed by atoms with Crippen LogP contribution in [0.5, 0.6) is 23.0 Å². The molecule has 0 bridgehead atoms. The van der Waals surface area contributed by atoms with Gasteiger partial charge in [0.1, 0.15) is 13.2 Å². The van der Waals surface area contributed by atoms with Gasteiger partial charge in [-0.3, -0.25) is 4.79 Å². The van der Waals surface area contributed by atoms with Crippen molar-refractivity contribution in [1.82, 2.24) is 0 Å². The molecule has 7 nitrogen and oxygen atoms in total. The minimum atomic E-state index is -0.594. The second-order valence-corrected chi connectivity index (χ2v) is 6.92. The van der Waals surface area contributed by atoms with Crippen molar-refractivity contribution >= 4 is 11.6 Å². The molecular weight excluding hydrogens is 429 g/mol. The highest BCUT2D eigenvalue weighted by atomic mass is 19.1. The van der Waals surface area contributed by atoms with Gasteiger partial charge in [-0.25, -0.2) is 4.39 Å². The van der Waals surface area contributed by atoms with Crippen LogP contribution in [0.25, 0.3) is 0 Å². The van der Waals surface area contributed by atoms with Gasteiger partial charge in [-0.05, 0) is 29.8 Å². The summed E-state index contributed by atoms with van der Waals surface area (Å²) in [6, 6.07) is 16.9. The SMILES string of the molecule is COCCOc1ccc(NC(=O)c2cc(OC)c(OCc3ccccc3)c(OC)c2)cc1F. The fraction of sp³-hybridized carbons (Fsp3) is 0.240. The summed E-state index contributed by atoms with van der Waals surface area (Å²) in [5.41, 5.74) is 1.51. The van der Waals surface area contributed by atoms with Gasteiger partial charge in [-0.15, -0.1) is 0 Å². The highest BCUT2D eigenvalue weighted by molar-refractivity contribution is 6.05. The molecule has 0 radical (unpaired) electrons. The number of anilines is 1. The van der Waals surface area contributed by atoms with Gasteiger partial charge in [0, 0.05) is 24.4 Å². The fourth-order valence-corrected chi connectivity index (χ4v) is 3.02. The Morgan fingerprint density at radius 2 is 1.55 bits per heavy atom. The summed E-state index contributed by atoms with van der Waals surface area (Å²) in [5, 5.41) is 2.66. The molecule has 1 N–H and O–H groups in total. The van der Waals surface area contributed by atoms with Gasteiger partial charge >= 0.3 is 0 Å². The Kier molecular flexibility index (Phi) is 8.49. The average Bonchev–Trinajstić information content (AvgIpc) is 2.84. The average molecular weight is 455 g/mol. The topological polar surface area (TPSA) is 75.3 Å². The van der Waals surface area contributed by atoms with Crippen LogP contribution in [0, 0.1) is 5.82 Å². The van der Waals surface area contributed by atoms with Crippen LogP contribution in [0.15, 0.2) is 60.7 Å². The Balaban J connectivity index is 1.75. The van der Waals surface area contributed by atoms with Gasteiger partial charge in [0.05, 0.1) is 20.8 Å². The molecule has 33 heavy (non-hydrogen) atoms. The molecule has 0 unspecified atom stereocenters. The first kappa shape index (κ1) is 23.9. The molecule has 0 fully saturated rings. The molecule has 0 heterocycles. The van der Waals surface area contributed by atoms with Gasteiger partial charge in [0.2, 0.25) is 5.75 Å². The lowest BCUT2D eigenvalue weighted by Crippen LogP contribution is -2.13. The van der Waals surface area contributed by atoms with E-state index in [0.29, 0.717) is 30.5 Å². The van der Waals surface area contributed by atoms with Gasteiger partial charge < -0.3 is 29.0 Å². The van der Waals surface area contributed by atoms with Gasteiger partial charge in [-0.1, -0.05) is 30.3 Å². The first-order valence-electron chi connectivity index (χ1n) is 10.2. The zero-order valence-corrected chi connectivity index (χ0v) is 18.7. The smallest absolute Gasteiger partial charge is 0.255 e. The third-order valence-corrected chi connectivity index (χ3v) is 4.68. The standard InChI is InChI=1S/C25H26FNO6/c1-29-11-12-32-21-10-9-19(15-20(21)26)27-25(28)18-13-22(30-2)24(23(14-18)31-3)33-16-17-7-5-4-6-8-17/h4-10,13-15H,11-12,16H2,1-3H3,(H,27,28). The molecule has 0 saturated heterocycles. The third-order valence-electron chi connectivity index (χ3n) is 4.68. The van der Waals surface area contributed by atoms with Crippen molar-refractivity contribution in [2.45, 2.75) is 6.61 Å². The minimum Gasteiger partial charge on any atom is -0.493 e. The first-order chi connectivity index (χ1) is 16.0. The maximum atomic E-state index is 14.3. The summed E-state index contributed by atoms with van der Waals surface area (Å²) in [6.07, 6.45) is 0. The molecule has 0 spiro atoms. The van der Waals surface area contributed by atoms with Crippen molar-refractivity contribution in [3.63, 3.8) is 0 Å². The molecule has 0 aliphatic carbocycles. The zero-order valence-electron chi connectivity index (χ0n) is 18.7. The van der Waals surface area contributed by atoms with Crippen LogP contribution in [0.4, 0.5) is 10.1 Å². The Morgan fingerprint density at radius 3 is 2.15 bits per heavy atom. The molecule has 8 heteroatoms. The normalized spacial score (nSPS) is 10.4. The summed E-state index contributed by atoms with van der Waals surface area (Å²) in [5.74, 6) is 0.0710. The number of carbonyl (C=O) groups is 1. The third kappa shape index (κ3) is 6.36. The van der Waals surface area contributed by atoms with Crippen LogP contribution >= 0.6 is 0 Å². The van der Waals surface area contributed by atoms with Crippen molar-refractivity contribution < 1.29 is 32.9 Å². The van der Waals surface area contributed by atoms with Gasteiger partial charge in [0.25, 0.3) is 5.91 Å². The first-order valence-corrected chi connectivity index (χ1v) is 10.2. The predicted octanol–water partition coefficient (Wildman–Crippen LogP) is 4.70. The molecule has 0 aromatic heterocycles. The van der Waals surface area contributed by atoms with Crippen LogP contribution in [0.2, 0.25) is 0 Å². The van der Waals surface area contributed by atoms with Crippen molar-refractivity contribution in [3.8, 4) is 23.0 Å². The van der Waals surface area contributed by atoms with E-state index in [-0.39, 0.29) is 23.6 Å². The van der Waals surface area contributed by atoms with Crippen LogP contribution in [0.3, 0.4) is 0 Å². The van der Waals surface area contributed by atoms with E-state index in [1.807, 2.05) is 30.3 Å². The number of benzene rings is 3. The van der Waals surface area contributed by atoms with E-state index in [1.54, 1.807) is 6.07 Å². The van der Waals surface area contributed by atoms with Gasteiger partial charge in [-0.2, -0.15) is 0 Å². The van der Waals surface area contributed by atoms with Crippen LogP contribution in [-0.4, -0.2) is 40.5 Å². The molecular formula is C25H26FNO6. The maximum absolute atomic E-state index is 14.3. The van der Waals surface area contributed by atoms with Gasteiger partial charge in [0.15, 0.2) is 23.1 Å². The second-order valence-electron chi connectivity index (χ2n) is 6.92. The van der Waals surface area contributed by atoms with Crippen molar-refractivity contribution in [2.24, 2.45) is 0 Å². The number of rotatable bonds is 11. The predicted molar refractivity (Wildman–Crippen MR) is 122 cm³/mol. The van der Waals surface area contributed by atoms with Crippen molar-refractivity contribution in [2.75, 3.05) is 39.9 Å². The lowest BCUT2D eigenvalue weighted by Gasteiger charge is -2.16. The highest BCUT2D eigenvalue weighted by Gasteiger charge is 2.18. The Hall–Kier alpha value is -3.78. The molecule has 3 aromatic carbocycles. The molecule has 0 aliphatic rings. The van der Waals surface area contributed by atoms with E-state index in [2.05, 4.69) is 5.32 Å². The van der Waals surface area contributed by atoms with Crippen LogP contribution in [0.1, 0.15) is 15.9 Å². The summed E-state index contributed by atoms with van der Waals surface area (Å²) < 4.78 is 41.2. The summed E-state index contributed by atoms with van der Waals surface area (Å²) in [7, 11) is 4.48. The van der Waals surface area contributed by atoms with Crippen molar-refractivity contribution in [3.05, 3.63) is 77.6 Å². The molecule has 0 saturated carbocycles. The fourth-order valence-electron chi connectivity index (χ4n) is 3.02. The van der Waals surface area contributed by atoms with E-state index in [9.17, 15) is 9.18 Å². The lowest BCUT2D eigenvalue weighted by molar-refractivity contribution is 0.102. The Bertz CT molecular complexity index is 1050. The van der Waals surface area contributed by atoms with Crippen LogP contribution < -0.4 is 24.3 Å². The Morgan fingerprint density at radius 1 is 0.848 bits per heavy atom. The van der Waals surface area contributed by atoms with E-state index in [0.717, 1.165) is 5.56 Å². The highest BCUT2D eigenvalue weighted by Crippen LogP contribution is 2.39. The quantitative estimate of drug-likeness (QED) is 0.423. The van der Waals surface area contributed by atoms with Crippen LogP contribution in [-0.2, 0) is 11.3 Å². The van der Waals surface area contributed by atoms with E-state index in [4.69, 9.17) is 23.7 Å². The number of nitrogens with one attached hydrogen (secondary N) is 1. The number of methoxy groups -OCH3 is 3. The molecule has 3 aromatic rings. The van der Waals surface area contributed by atoms with Crippen molar-refractivity contribution in [1.29, 1.82) is 0 Å². The second kappa shape index (κ2) is 11.7. The molecule has 3 rings (SSSR count). The number of hydrogen-bond donors (Lipinski definition) is 1. The number of halogens is 1. The summed E-state index contributed by atoms with van der Waals surface area (Å²) in [4.78, 5) is 12.8. The monoisotopic (exact) mass is 455 g/mol. The number of carbonyl (C=O) groups excluding carboxylic acids is 1. The lowest BCUT2D eigenvalue weighted by atomic mass is 10.1. The van der Waals surface area contributed by atoms with E-state index in [1.165, 1.54) is 45.6 Å². The number of hydrogen-bond acceptors (Lipinski definition) is 6. The molecule has 1 amide bonds.